The molecular formula is C28H46N2O. The molecule has 0 spiro atoms. The summed E-state index contributed by atoms with van der Waals surface area (Å²) in [7, 11) is 4.46. The zero-order chi connectivity index (χ0) is 22.6. The number of amides is 1. The topological polar surface area (TPSA) is 32.3 Å². The van der Waals surface area contributed by atoms with Gasteiger partial charge >= 0.3 is 0 Å². The van der Waals surface area contributed by atoms with E-state index in [1.54, 1.807) is 11.6 Å². The highest BCUT2D eigenvalue weighted by molar-refractivity contribution is 5.88. The Morgan fingerprint density at radius 3 is 2.55 bits per heavy atom. The average molecular weight is 427 g/mol. The third-order valence-corrected chi connectivity index (χ3v) is 10.3. The van der Waals surface area contributed by atoms with E-state index in [0.29, 0.717) is 22.9 Å². The maximum Gasteiger partial charge on any atom is 0.244 e. The van der Waals surface area contributed by atoms with E-state index in [9.17, 15) is 4.79 Å². The van der Waals surface area contributed by atoms with Crippen LogP contribution in [0.2, 0.25) is 0 Å². The lowest BCUT2D eigenvalue weighted by Crippen LogP contribution is -2.55. The second-order valence-electron chi connectivity index (χ2n) is 12.3. The number of carbonyl (C=O) groups excluding carboxylic acids is 1. The van der Waals surface area contributed by atoms with Crippen LogP contribution in [0.15, 0.2) is 23.3 Å². The molecule has 8 unspecified atom stereocenters. The standard InChI is InChI=1S/C28H46N2O/c1-18(2)16-26(31)29-21-12-14-27(4)20(17-21)8-9-22-24-11-10-23(19(3)30(6)7)28(24,5)15-13-25(22)27/h10,16,19-22,24-25H,8-9,11-15,17H2,1-7H3,(H,29,31). The van der Waals surface area contributed by atoms with Gasteiger partial charge in [-0.3, -0.25) is 4.79 Å². The first-order chi connectivity index (χ1) is 14.6. The van der Waals surface area contributed by atoms with E-state index in [1.807, 2.05) is 13.8 Å². The number of hydrogen-bond acceptors (Lipinski definition) is 2. The molecule has 3 heteroatoms. The Balaban J connectivity index is 1.47. The van der Waals surface area contributed by atoms with Gasteiger partial charge in [-0.15, -0.1) is 0 Å². The van der Waals surface area contributed by atoms with E-state index in [2.05, 4.69) is 51.2 Å². The van der Waals surface area contributed by atoms with Crippen LogP contribution in [-0.2, 0) is 4.79 Å². The minimum Gasteiger partial charge on any atom is -0.350 e. The number of likely N-dealkylation sites (N-methyl/N-ethyl adjacent to an activating group) is 1. The van der Waals surface area contributed by atoms with Crippen molar-refractivity contribution in [1.82, 2.24) is 10.2 Å². The van der Waals surface area contributed by atoms with Crippen molar-refractivity contribution in [3.8, 4) is 0 Å². The maximum atomic E-state index is 12.3. The summed E-state index contributed by atoms with van der Waals surface area (Å²) in [5.41, 5.74) is 3.68. The second kappa shape index (κ2) is 8.36. The van der Waals surface area contributed by atoms with Crippen molar-refractivity contribution >= 4 is 5.91 Å². The molecule has 0 bridgehead atoms. The van der Waals surface area contributed by atoms with Crippen LogP contribution in [0.5, 0.6) is 0 Å². The summed E-state index contributed by atoms with van der Waals surface area (Å²) < 4.78 is 0. The zero-order valence-electron chi connectivity index (χ0n) is 21.1. The third-order valence-electron chi connectivity index (χ3n) is 10.3. The first kappa shape index (κ1) is 23.1. The van der Waals surface area contributed by atoms with Crippen LogP contribution in [0, 0.1) is 34.5 Å². The number of fused-ring (bicyclic) bond motifs is 5. The van der Waals surface area contributed by atoms with Gasteiger partial charge in [-0.05, 0) is 121 Å². The molecule has 174 valence electrons. The fourth-order valence-electron chi connectivity index (χ4n) is 8.42. The molecule has 31 heavy (non-hydrogen) atoms. The lowest BCUT2D eigenvalue weighted by atomic mass is 9.44. The van der Waals surface area contributed by atoms with Crippen LogP contribution >= 0.6 is 0 Å². The summed E-state index contributed by atoms with van der Waals surface area (Å²) in [6.45, 7) is 11.6. The van der Waals surface area contributed by atoms with Crippen LogP contribution in [0.1, 0.15) is 86.0 Å². The van der Waals surface area contributed by atoms with Gasteiger partial charge < -0.3 is 10.2 Å². The molecule has 0 saturated heterocycles. The Morgan fingerprint density at radius 1 is 1.13 bits per heavy atom. The van der Waals surface area contributed by atoms with Gasteiger partial charge in [0, 0.05) is 18.2 Å². The van der Waals surface area contributed by atoms with Gasteiger partial charge in [-0.2, -0.15) is 0 Å². The summed E-state index contributed by atoms with van der Waals surface area (Å²) in [6.07, 6.45) is 14.8. The molecule has 4 rings (SSSR count). The predicted octanol–water partition coefficient (Wildman–Crippen LogP) is 5.97. The smallest absolute Gasteiger partial charge is 0.244 e. The van der Waals surface area contributed by atoms with E-state index in [-0.39, 0.29) is 5.91 Å². The molecule has 3 saturated carbocycles. The molecule has 0 radical (unpaired) electrons. The molecule has 4 aliphatic rings. The van der Waals surface area contributed by atoms with Gasteiger partial charge in [0.25, 0.3) is 0 Å². The average Bonchev–Trinajstić information content (AvgIpc) is 3.04. The first-order valence-electron chi connectivity index (χ1n) is 12.9. The monoisotopic (exact) mass is 426 g/mol. The number of rotatable bonds is 4. The van der Waals surface area contributed by atoms with Gasteiger partial charge in [0.15, 0.2) is 0 Å². The summed E-state index contributed by atoms with van der Waals surface area (Å²) in [5, 5.41) is 3.32. The Morgan fingerprint density at radius 2 is 1.87 bits per heavy atom. The molecule has 8 atom stereocenters. The van der Waals surface area contributed by atoms with Crippen LogP contribution in [-0.4, -0.2) is 37.0 Å². The minimum atomic E-state index is 0.107. The normalized spacial score (nSPS) is 42.7. The quantitative estimate of drug-likeness (QED) is 0.444. The van der Waals surface area contributed by atoms with Crippen molar-refractivity contribution in [2.24, 2.45) is 34.5 Å². The van der Waals surface area contributed by atoms with E-state index in [4.69, 9.17) is 0 Å². The Hall–Kier alpha value is -1.09. The molecule has 4 aliphatic carbocycles. The zero-order valence-corrected chi connectivity index (χ0v) is 21.1. The third kappa shape index (κ3) is 3.94. The molecule has 0 aromatic rings. The minimum absolute atomic E-state index is 0.107. The summed E-state index contributed by atoms with van der Waals surface area (Å²) in [6, 6.07) is 0.922. The highest BCUT2D eigenvalue weighted by Crippen LogP contribution is 2.66. The Kier molecular flexibility index (Phi) is 6.22. The van der Waals surface area contributed by atoms with Crippen LogP contribution in [0.4, 0.5) is 0 Å². The molecular weight excluding hydrogens is 380 g/mol. The lowest BCUT2D eigenvalue weighted by Gasteiger charge is -2.61. The Labute approximate surface area is 191 Å². The number of nitrogens with zero attached hydrogens (tertiary/aromatic N) is 1. The number of carbonyl (C=O) groups is 1. The van der Waals surface area contributed by atoms with Crippen LogP contribution < -0.4 is 5.32 Å². The molecule has 0 heterocycles. The summed E-state index contributed by atoms with van der Waals surface area (Å²) in [4.78, 5) is 14.7. The number of nitrogens with one attached hydrogen (secondary N) is 1. The highest BCUT2D eigenvalue weighted by Gasteiger charge is 2.59. The largest absolute Gasteiger partial charge is 0.350 e. The van der Waals surface area contributed by atoms with Crippen molar-refractivity contribution in [3.63, 3.8) is 0 Å². The molecule has 0 aromatic carbocycles. The Bertz CT molecular complexity index is 763. The van der Waals surface area contributed by atoms with E-state index < -0.39 is 0 Å². The van der Waals surface area contributed by atoms with Gasteiger partial charge in [0.05, 0.1) is 0 Å². The van der Waals surface area contributed by atoms with Crippen molar-refractivity contribution in [3.05, 3.63) is 23.3 Å². The fourth-order valence-corrected chi connectivity index (χ4v) is 8.42. The first-order valence-corrected chi connectivity index (χ1v) is 12.9. The van der Waals surface area contributed by atoms with Crippen molar-refractivity contribution < 1.29 is 4.79 Å². The molecule has 3 fully saturated rings. The van der Waals surface area contributed by atoms with Crippen LogP contribution in [0.25, 0.3) is 0 Å². The fraction of sp³-hybridized carbons (Fsp3) is 0.821. The van der Waals surface area contributed by atoms with Gasteiger partial charge in [0.1, 0.15) is 0 Å². The van der Waals surface area contributed by atoms with E-state index in [0.717, 1.165) is 35.7 Å². The maximum absolute atomic E-state index is 12.3. The highest BCUT2D eigenvalue weighted by atomic mass is 16.1. The van der Waals surface area contributed by atoms with Gasteiger partial charge in [-0.1, -0.05) is 31.1 Å². The SMILES string of the molecule is CC(C)=CC(=O)NC1CCC2(C)C(CCC3C4CC=C(C(C)N(C)C)C4(C)CCC32)C1. The van der Waals surface area contributed by atoms with Crippen molar-refractivity contribution in [1.29, 1.82) is 0 Å². The molecule has 0 aliphatic heterocycles. The van der Waals surface area contributed by atoms with Gasteiger partial charge in [-0.25, -0.2) is 0 Å². The lowest BCUT2D eigenvalue weighted by molar-refractivity contribution is -0.121. The predicted molar refractivity (Wildman–Crippen MR) is 130 cm³/mol. The molecule has 1 N–H and O–H groups in total. The summed E-state index contributed by atoms with van der Waals surface area (Å²) in [5.74, 6) is 3.49. The van der Waals surface area contributed by atoms with E-state index >= 15 is 0 Å². The molecule has 3 nitrogen and oxygen atoms in total. The molecule has 1 amide bonds. The molecule has 0 aromatic heterocycles. The second-order valence-corrected chi connectivity index (χ2v) is 12.3. The van der Waals surface area contributed by atoms with Crippen molar-refractivity contribution in [2.45, 2.75) is 98.1 Å². The number of hydrogen-bond donors (Lipinski definition) is 1. The van der Waals surface area contributed by atoms with Gasteiger partial charge in [0.2, 0.25) is 5.91 Å². The van der Waals surface area contributed by atoms with Crippen molar-refractivity contribution in [2.75, 3.05) is 14.1 Å². The number of allylic oxidation sites excluding steroid dienone is 2. The van der Waals surface area contributed by atoms with E-state index in [1.165, 1.54) is 44.9 Å². The summed E-state index contributed by atoms with van der Waals surface area (Å²) >= 11 is 0. The van der Waals surface area contributed by atoms with Crippen LogP contribution in [0.3, 0.4) is 0 Å².